The van der Waals surface area contributed by atoms with E-state index in [4.69, 9.17) is 9.47 Å². The van der Waals surface area contributed by atoms with Crippen LogP contribution in [0, 0.1) is 22.7 Å². The number of hydrogen-bond acceptors (Lipinski definition) is 4. The molecule has 0 saturated carbocycles. The molecular weight excluding hydrogens is 472 g/mol. The van der Waals surface area contributed by atoms with Crippen molar-refractivity contribution in [1.29, 1.82) is 0 Å². The second-order valence-electron chi connectivity index (χ2n) is 12.9. The van der Waals surface area contributed by atoms with Crippen LogP contribution >= 0.6 is 0 Å². The maximum Gasteiger partial charge on any atom is 0.338 e. The molecule has 0 spiro atoms. The lowest BCUT2D eigenvalue weighted by molar-refractivity contribution is 0.0219. The molecule has 2 unspecified atom stereocenters. The van der Waals surface area contributed by atoms with E-state index >= 15 is 0 Å². The standard InChI is InChI=1S/C34H58O4/c1-9-11-13-15-17-20-27(3)33(5,6)25-37-31(35)29-22-19-23-30(24-29)32(36)38-26-34(7,8)28(4)21-18-16-14-12-10-2/h19,22-24,27-28H,9-18,20-21,25-26H2,1-8H3. The highest BCUT2D eigenvalue weighted by Gasteiger charge is 2.29. The van der Waals surface area contributed by atoms with Gasteiger partial charge in [-0.05, 0) is 30.0 Å². The van der Waals surface area contributed by atoms with Gasteiger partial charge < -0.3 is 9.47 Å². The lowest BCUT2D eigenvalue weighted by Crippen LogP contribution is -2.29. The molecule has 0 aliphatic heterocycles. The molecule has 38 heavy (non-hydrogen) atoms. The molecule has 0 saturated heterocycles. The lowest BCUT2D eigenvalue weighted by Gasteiger charge is -2.31. The van der Waals surface area contributed by atoms with Crippen LogP contribution in [0.3, 0.4) is 0 Å². The van der Waals surface area contributed by atoms with Crippen molar-refractivity contribution in [3.05, 3.63) is 35.4 Å². The molecule has 1 rings (SSSR count). The van der Waals surface area contributed by atoms with E-state index in [9.17, 15) is 9.59 Å². The van der Waals surface area contributed by atoms with Crippen LogP contribution < -0.4 is 0 Å². The van der Waals surface area contributed by atoms with E-state index < -0.39 is 0 Å². The molecule has 0 aliphatic carbocycles. The molecule has 218 valence electrons. The fourth-order valence-corrected chi connectivity index (χ4v) is 4.62. The van der Waals surface area contributed by atoms with Gasteiger partial charge in [-0.25, -0.2) is 9.59 Å². The van der Waals surface area contributed by atoms with Crippen molar-refractivity contribution in [1.82, 2.24) is 0 Å². The van der Waals surface area contributed by atoms with Gasteiger partial charge in [0.05, 0.1) is 24.3 Å². The van der Waals surface area contributed by atoms with Gasteiger partial charge in [0.25, 0.3) is 0 Å². The second kappa shape index (κ2) is 17.7. The highest BCUT2D eigenvalue weighted by molar-refractivity contribution is 5.95. The predicted molar refractivity (Wildman–Crippen MR) is 160 cm³/mol. The largest absolute Gasteiger partial charge is 0.462 e. The summed E-state index contributed by atoms with van der Waals surface area (Å²) in [5.41, 5.74) is 0.578. The van der Waals surface area contributed by atoms with Gasteiger partial charge in [0.2, 0.25) is 0 Å². The van der Waals surface area contributed by atoms with Crippen molar-refractivity contribution in [3.8, 4) is 0 Å². The lowest BCUT2D eigenvalue weighted by atomic mass is 9.78. The first-order valence-corrected chi connectivity index (χ1v) is 15.4. The number of ether oxygens (including phenoxy) is 2. The zero-order valence-electron chi connectivity index (χ0n) is 26.0. The average molecular weight is 531 g/mol. The Morgan fingerprint density at radius 3 is 1.39 bits per heavy atom. The van der Waals surface area contributed by atoms with E-state index in [1.807, 2.05) is 0 Å². The maximum absolute atomic E-state index is 12.8. The van der Waals surface area contributed by atoms with Crippen molar-refractivity contribution in [3.63, 3.8) is 0 Å². The summed E-state index contributed by atoms with van der Waals surface area (Å²) >= 11 is 0. The number of carbonyl (C=O) groups excluding carboxylic acids is 2. The molecule has 0 amide bonds. The molecule has 4 heteroatoms. The van der Waals surface area contributed by atoms with Crippen molar-refractivity contribution in [2.24, 2.45) is 22.7 Å². The Balaban J connectivity index is 2.57. The summed E-state index contributed by atoms with van der Waals surface area (Å²) in [6.07, 6.45) is 15.0. The van der Waals surface area contributed by atoms with E-state index in [-0.39, 0.29) is 22.8 Å². The number of rotatable bonds is 20. The van der Waals surface area contributed by atoms with Crippen LogP contribution in [0.2, 0.25) is 0 Å². The van der Waals surface area contributed by atoms with Crippen LogP contribution in [0.15, 0.2) is 24.3 Å². The molecule has 1 aromatic rings. The minimum Gasteiger partial charge on any atom is -0.462 e. The number of unbranched alkanes of at least 4 members (excludes halogenated alkanes) is 8. The van der Waals surface area contributed by atoms with Crippen molar-refractivity contribution < 1.29 is 19.1 Å². The number of esters is 2. The molecular formula is C34H58O4. The molecule has 4 nitrogen and oxygen atoms in total. The molecule has 0 N–H and O–H groups in total. The highest BCUT2D eigenvalue weighted by Crippen LogP contribution is 2.32. The Morgan fingerprint density at radius 2 is 1.03 bits per heavy atom. The maximum atomic E-state index is 12.8. The first-order valence-electron chi connectivity index (χ1n) is 15.4. The normalized spacial score (nSPS) is 13.7. The third-order valence-corrected chi connectivity index (χ3v) is 8.63. The number of hydrogen-bond donors (Lipinski definition) is 0. The molecule has 0 heterocycles. The molecule has 0 bridgehead atoms. The third-order valence-electron chi connectivity index (χ3n) is 8.63. The van der Waals surface area contributed by atoms with E-state index in [0.29, 0.717) is 36.2 Å². The van der Waals surface area contributed by atoms with Crippen LogP contribution in [0.4, 0.5) is 0 Å². The quantitative estimate of drug-likeness (QED) is 0.124. The van der Waals surface area contributed by atoms with E-state index in [2.05, 4.69) is 55.4 Å². The summed E-state index contributed by atoms with van der Waals surface area (Å²) in [7, 11) is 0. The Morgan fingerprint density at radius 1 is 0.658 bits per heavy atom. The van der Waals surface area contributed by atoms with Crippen LogP contribution in [0.1, 0.15) is 153 Å². The monoisotopic (exact) mass is 530 g/mol. The van der Waals surface area contributed by atoms with Crippen LogP contribution in [0.25, 0.3) is 0 Å². The number of benzene rings is 1. The molecule has 0 aromatic heterocycles. The van der Waals surface area contributed by atoms with Crippen molar-refractivity contribution in [2.75, 3.05) is 13.2 Å². The second-order valence-corrected chi connectivity index (χ2v) is 12.9. The van der Waals surface area contributed by atoms with E-state index in [1.165, 1.54) is 64.2 Å². The van der Waals surface area contributed by atoms with Gasteiger partial charge in [0.1, 0.15) is 0 Å². The van der Waals surface area contributed by atoms with E-state index in [1.54, 1.807) is 24.3 Å². The van der Waals surface area contributed by atoms with Gasteiger partial charge in [0, 0.05) is 10.8 Å². The highest BCUT2D eigenvalue weighted by atomic mass is 16.5. The minimum absolute atomic E-state index is 0.102. The fourth-order valence-electron chi connectivity index (χ4n) is 4.62. The van der Waals surface area contributed by atoms with Gasteiger partial charge in [-0.2, -0.15) is 0 Å². The first kappa shape index (κ1) is 34.2. The summed E-state index contributed by atoms with van der Waals surface area (Å²) in [4.78, 5) is 25.6. The summed E-state index contributed by atoms with van der Waals surface area (Å²) < 4.78 is 11.4. The SMILES string of the molecule is CCCCCCCC(C)C(C)(C)COC(=O)c1cccc(C(=O)OCC(C)(C)C(C)CCCCCCC)c1. The van der Waals surface area contributed by atoms with Gasteiger partial charge in [-0.15, -0.1) is 0 Å². The average Bonchev–Trinajstić information content (AvgIpc) is 2.89. The summed E-state index contributed by atoms with van der Waals surface area (Å²) in [5, 5.41) is 0. The Hall–Kier alpha value is -1.84. The zero-order valence-corrected chi connectivity index (χ0v) is 26.0. The Labute approximate surface area is 234 Å². The minimum atomic E-state index is -0.389. The molecule has 0 radical (unpaired) electrons. The smallest absolute Gasteiger partial charge is 0.338 e. The molecule has 1 aromatic carbocycles. The topological polar surface area (TPSA) is 52.6 Å². The molecule has 0 fully saturated rings. The summed E-state index contributed by atoms with van der Waals surface area (Å²) in [5.74, 6) is 0.139. The van der Waals surface area contributed by atoms with Gasteiger partial charge >= 0.3 is 11.9 Å². The molecule has 0 aliphatic rings. The Bertz CT molecular complexity index is 747. The van der Waals surface area contributed by atoms with E-state index in [0.717, 1.165) is 12.8 Å². The van der Waals surface area contributed by atoms with Crippen molar-refractivity contribution in [2.45, 2.75) is 132 Å². The first-order chi connectivity index (χ1) is 17.9. The number of carbonyl (C=O) groups is 2. The third kappa shape index (κ3) is 12.8. The van der Waals surface area contributed by atoms with Crippen LogP contribution in [-0.4, -0.2) is 25.2 Å². The van der Waals surface area contributed by atoms with Crippen molar-refractivity contribution >= 4 is 11.9 Å². The van der Waals surface area contributed by atoms with Gasteiger partial charge in [-0.1, -0.05) is 139 Å². The molecule has 2 atom stereocenters. The van der Waals surface area contributed by atoms with Crippen LogP contribution in [-0.2, 0) is 9.47 Å². The zero-order chi connectivity index (χ0) is 28.6. The summed E-state index contributed by atoms with van der Waals surface area (Å²) in [6.45, 7) is 18.4. The van der Waals surface area contributed by atoms with Gasteiger partial charge in [-0.3, -0.25) is 0 Å². The van der Waals surface area contributed by atoms with Gasteiger partial charge in [0.15, 0.2) is 0 Å². The fraction of sp³-hybridized carbons (Fsp3) is 0.765. The summed E-state index contributed by atoms with van der Waals surface area (Å²) in [6, 6.07) is 6.72. The van der Waals surface area contributed by atoms with Crippen LogP contribution in [0.5, 0.6) is 0 Å². The Kier molecular flexibility index (Phi) is 15.9. The predicted octanol–water partition coefficient (Wildman–Crippen LogP) is 10.0.